The lowest BCUT2D eigenvalue weighted by atomic mass is 10.2. The Balaban J connectivity index is 2.58. The van der Waals surface area contributed by atoms with Gasteiger partial charge in [-0.2, -0.15) is 0 Å². The summed E-state index contributed by atoms with van der Waals surface area (Å²) < 4.78 is 2.00. The third-order valence-electron chi connectivity index (χ3n) is 2.27. The van der Waals surface area contributed by atoms with Crippen LogP contribution in [0.2, 0.25) is 0 Å². The summed E-state index contributed by atoms with van der Waals surface area (Å²) in [4.78, 5) is 15.2. The number of ketones is 1. The van der Waals surface area contributed by atoms with Gasteiger partial charge in [0.1, 0.15) is 5.78 Å². The number of fused-ring (bicyclic) bond motifs is 1. The van der Waals surface area contributed by atoms with Crippen LogP contribution in [0.1, 0.15) is 18.3 Å². The molecule has 0 spiro atoms. The van der Waals surface area contributed by atoms with Crippen molar-refractivity contribution in [2.75, 3.05) is 0 Å². The van der Waals surface area contributed by atoms with Gasteiger partial charge in [0.2, 0.25) is 0 Å². The molecule has 0 radical (unpaired) electrons. The zero-order valence-electron chi connectivity index (χ0n) is 8.32. The second kappa shape index (κ2) is 3.25. The van der Waals surface area contributed by atoms with Gasteiger partial charge in [0.15, 0.2) is 0 Å². The topological polar surface area (TPSA) is 34.4 Å². The highest BCUT2D eigenvalue weighted by Crippen LogP contribution is 2.12. The fourth-order valence-electron chi connectivity index (χ4n) is 1.58. The number of Topliss-reactive ketones (excluding diaryl/α,β-unsaturated/α-hetero) is 1. The molecule has 0 N–H and O–H groups in total. The number of pyridine rings is 1. The van der Waals surface area contributed by atoms with Crippen LogP contribution in [0, 0.1) is 6.92 Å². The van der Waals surface area contributed by atoms with Gasteiger partial charge in [-0.1, -0.05) is 6.07 Å². The van der Waals surface area contributed by atoms with E-state index in [2.05, 4.69) is 4.98 Å². The third kappa shape index (κ3) is 1.41. The summed E-state index contributed by atoms with van der Waals surface area (Å²) in [6, 6.07) is 5.99. The van der Waals surface area contributed by atoms with E-state index in [1.165, 1.54) is 0 Å². The first-order valence-electron chi connectivity index (χ1n) is 4.59. The minimum absolute atomic E-state index is 0.145. The number of imidazole rings is 1. The Morgan fingerprint density at radius 3 is 3.00 bits per heavy atom. The molecule has 3 heteroatoms. The molecule has 0 atom stereocenters. The zero-order valence-corrected chi connectivity index (χ0v) is 8.32. The largest absolute Gasteiger partial charge is 0.303 e. The Bertz CT molecular complexity index is 485. The Morgan fingerprint density at radius 2 is 2.29 bits per heavy atom. The minimum Gasteiger partial charge on any atom is -0.303 e. The molecule has 0 saturated heterocycles. The molecule has 0 saturated carbocycles. The highest BCUT2D eigenvalue weighted by atomic mass is 16.1. The maximum atomic E-state index is 11.0. The highest BCUT2D eigenvalue weighted by Gasteiger charge is 2.06. The van der Waals surface area contributed by atoms with Crippen LogP contribution in [0.3, 0.4) is 0 Å². The van der Waals surface area contributed by atoms with E-state index in [1.54, 1.807) is 13.3 Å². The maximum Gasteiger partial charge on any atom is 0.135 e. The number of aryl methyl sites for hydroxylation is 1. The number of rotatable bonds is 2. The van der Waals surface area contributed by atoms with Crippen molar-refractivity contribution >= 4 is 11.3 Å². The van der Waals surface area contributed by atoms with E-state index < -0.39 is 0 Å². The third-order valence-corrected chi connectivity index (χ3v) is 2.27. The summed E-state index contributed by atoms with van der Waals surface area (Å²) in [5.74, 6) is 0.145. The molecule has 0 aromatic carbocycles. The van der Waals surface area contributed by atoms with Crippen molar-refractivity contribution in [1.82, 2.24) is 9.38 Å². The van der Waals surface area contributed by atoms with E-state index in [-0.39, 0.29) is 5.78 Å². The second-order valence-electron chi connectivity index (χ2n) is 3.49. The van der Waals surface area contributed by atoms with Crippen LogP contribution in [-0.4, -0.2) is 15.2 Å². The van der Waals surface area contributed by atoms with E-state index in [1.807, 2.05) is 29.5 Å². The van der Waals surface area contributed by atoms with Gasteiger partial charge >= 0.3 is 0 Å². The van der Waals surface area contributed by atoms with Crippen molar-refractivity contribution < 1.29 is 4.79 Å². The number of carbonyl (C=O) groups is 1. The Morgan fingerprint density at radius 1 is 1.50 bits per heavy atom. The van der Waals surface area contributed by atoms with Crippen molar-refractivity contribution in [2.24, 2.45) is 0 Å². The summed E-state index contributed by atoms with van der Waals surface area (Å²) >= 11 is 0. The lowest BCUT2D eigenvalue weighted by Gasteiger charge is -1.99. The van der Waals surface area contributed by atoms with Crippen LogP contribution in [0.25, 0.3) is 5.52 Å². The molecule has 0 unspecified atom stereocenters. The van der Waals surface area contributed by atoms with E-state index in [4.69, 9.17) is 0 Å². The average Bonchev–Trinajstić information content (AvgIpc) is 2.49. The van der Waals surface area contributed by atoms with E-state index in [0.29, 0.717) is 6.42 Å². The van der Waals surface area contributed by atoms with Crippen molar-refractivity contribution in [1.29, 1.82) is 0 Å². The number of hydrogen-bond donors (Lipinski definition) is 0. The first kappa shape index (κ1) is 8.94. The van der Waals surface area contributed by atoms with Crippen LogP contribution in [0.5, 0.6) is 0 Å². The zero-order chi connectivity index (χ0) is 10.1. The van der Waals surface area contributed by atoms with Gasteiger partial charge in [-0.05, 0) is 26.0 Å². The predicted octanol–water partition coefficient (Wildman–Crippen LogP) is 1.77. The molecule has 2 aromatic heterocycles. The minimum atomic E-state index is 0.145. The molecule has 0 bridgehead atoms. The molecule has 0 aliphatic rings. The lowest BCUT2D eigenvalue weighted by molar-refractivity contribution is -0.116. The van der Waals surface area contributed by atoms with Crippen LogP contribution in [0.15, 0.2) is 24.5 Å². The van der Waals surface area contributed by atoms with Crippen LogP contribution >= 0.6 is 0 Å². The smallest absolute Gasteiger partial charge is 0.135 e. The Labute approximate surface area is 82.4 Å². The SMILES string of the molecule is CC(=O)Cc1ncn2c(C)cccc12. The standard InChI is InChI=1S/C11H12N2O/c1-8-4-3-5-11-10(6-9(2)14)12-7-13(8)11/h3-5,7H,6H2,1-2H3. The first-order chi connectivity index (χ1) is 6.68. The molecular formula is C11H12N2O. The molecule has 0 aliphatic heterocycles. The summed E-state index contributed by atoms with van der Waals surface area (Å²) in [7, 11) is 0. The van der Waals surface area contributed by atoms with Crippen molar-refractivity contribution in [3.05, 3.63) is 35.9 Å². The molecule has 2 rings (SSSR count). The van der Waals surface area contributed by atoms with Gasteiger partial charge in [0, 0.05) is 5.69 Å². The second-order valence-corrected chi connectivity index (χ2v) is 3.49. The maximum absolute atomic E-state index is 11.0. The highest BCUT2D eigenvalue weighted by molar-refractivity contribution is 5.80. The molecule has 0 amide bonds. The normalized spacial score (nSPS) is 10.7. The monoisotopic (exact) mass is 188 g/mol. The summed E-state index contributed by atoms with van der Waals surface area (Å²) in [5.41, 5.74) is 3.02. The quantitative estimate of drug-likeness (QED) is 0.719. The molecule has 2 heterocycles. The number of aromatic nitrogens is 2. The number of carbonyl (C=O) groups excluding carboxylic acids is 1. The van der Waals surface area contributed by atoms with Gasteiger partial charge in [-0.15, -0.1) is 0 Å². The van der Waals surface area contributed by atoms with Gasteiger partial charge in [-0.25, -0.2) is 4.98 Å². The summed E-state index contributed by atoms with van der Waals surface area (Å²) in [6.45, 7) is 3.60. The number of hydrogen-bond acceptors (Lipinski definition) is 2. The average molecular weight is 188 g/mol. The molecule has 72 valence electrons. The van der Waals surface area contributed by atoms with E-state index >= 15 is 0 Å². The Hall–Kier alpha value is -1.64. The lowest BCUT2D eigenvalue weighted by Crippen LogP contribution is -1.97. The van der Waals surface area contributed by atoms with Crippen molar-refractivity contribution in [2.45, 2.75) is 20.3 Å². The predicted molar refractivity (Wildman–Crippen MR) is 54.3 cm³/mol. The van der Waals surface area contributed by atoms with Gasteiger partial charge in [0.05, 0.1) is 24.0 Å². The molecular weight excluding hydrogens is 176 g/mol. The number of nitrogens with zero attached hydrogens (tertiary/aromatic N) is 2. The molecule has 14 heavy (non-hydrogen) atoms. The van der Waals surface area contributed by atoms with Crippen LogP contribution < -0.4 is 0 Å². The summed E-state index contributed by atoms with van der Waals surface area (Å²) in [6.07, 6.45) is 2.18. The molecule has 0 fully saturated rings. The van der Waals surface area contributed by atoms with Gasteiger partial charge in [-0.3, -0.25) is 4.79 Å². The fourth-order valence-corrected chi connectivity index (χ4v) is 1.58. The molecule has 0 aliphatic carbocycles. The first-order valence-corrected chi connectivity index (χ1v) is 4.59. The van der Waals surface area contributed by atoms with Crippen molar-refractivity contribution in [3.8, 4) is 0 Å². The van der Waals surface area contributed by atoms with Gasteiger partial charge < -0.3 is 4.40 Å². The summed E-state index contributed by atoms with van der Waals surface area (Å²) in [5, 5.41) is 0. The van der Waals surface area contributed by atoms with Gasteiger partial charge in [0.25, 0.3) is 0 Å². The van der Waals surface area contributed by atoms with Crippen LogP contribution in [-0.2, 0) is 11.2 Å². The van der Waals surface area contributed by atoms with E-state index in [0.717, 1.165) is 16.9 Å². The van der Waals surface area contributed by atoms with Crippen molar-refractivity contribution in [3.63, 3.8) is 0 Å². The Kier molecular flexibility index (Phi) is 2.08. The molecule has 2 aromatic rings. The fraction of sp³-hybridized carbons (Fsp3) is 0.273. The molecule has 3 nitrogen and oxygen atoms in total. The van der Waals surface area contributed by atoms with Crippen LogP contribution in [0.4, 0.5) is 0 Å². The van der Waals surface area contributed by atoms with E-state index in [9.17, 15) is 4.79 Å².